The van der Waals surface area contributed by atoms with E-state index in [9.17, 15) is 8.42 Å². The number of halogens is 1. The molecule has 0 atom stereocenters. The van der Waals surface area contributed by atoms with Crippen molar-refractivity contribution in [2.75, 3.05) is 12.9 Å². The van der Waals surface area contributed by atoms with E-state index in [0.717, 1.165) is 5.75 Å². The van der Waals surface area contributed by atoms with Crippen molar-refractivity contribution < 1.29 is 22.4 Å². The predicted octanol–water partition coefficient (Wildman–Crippen LogP) is 5.58. The molecular formula is C22H27FO4S2. The zero-order valence-electron chi connectivity index (χ0n) is 16.4. The molecule has 158 valence electrons. The van der Waals surface area contributed by atoms with Crippen molar-refractivity contribution >= 4 is 23.6 Å². The van der Waals surface area contributed by atoms with E-state index in [2.05, 4.69) is 60.7 Å². The first-order valence-corrected chi connectivity index (χ1v) is 10.3. The number of benzene rings is 3. The summed E-state index contributed by atoms with van der Waals surface area (Å²) in [4.78, 5) is 0. The van der Waals surface area contributed by atoms with Gasteiger partial charge in [0.1, 0.15) is 5.75 Å². The second-order valence-electron chi connectivity index (χ2n) is 5.96. The first-order valence-electron chi connectivity index (χ1n) is 8.68. The highest BCUT2D eigenvalue weighted by Crippen LogP contribution is 2.26. The minimum Gasteiger partial charge on any atom is -0.497 e. The Hall–Kier alpha value is -2.35. The summed E-state index contributed by atoms with van der Waals surface area (Å²) in [5.74, 6) is 0.752. The van der Waals surface area contributed by atoms with Crippen LogP contribution in [0.3, 0.4) is 0 Å². The molecule has 0 spiro atoms. The van der Waals surface area contributed by atoms with Gasteiger partial charge in [-0.3, -0.25) is 9.26 Å². The fraction of sp³-hybridized carbons (Fsp3) is 0.182. The summed E-state index contributed by atoms with van der Waals surface area (Å²) in [6.07, 6.45) is 0.471. The minimum absolute atomic E-state index is 0. The van der Waals surface area contributed by atoms with Crippen LogP contribution < -0.4 is 4.74 Å². The van der Waals surface area contributed by atoms with Crippen LogP contribution >= 0.6 is 13.5 Å². The van der Waals surface area contributed by atoms with E-state index in [-0.39, 0.29) is 24.0 Å². The molecule has 3 rings (SSSR count). The minimum atomic E-state index is -3.67. The Morgan fingerprint density at radius 1 is 0.759 bits per heavy atom. The van der Waals surface area contributed by atoms with Gasteiger partial charge in [0.05, 0.1) is 12.9 Å². The van der Waals surface area contributed by atoms with Crippen molar-refractivity contribution in [3.05, 3.63) is 78.9 Å². The molecule has 0 unspecified atom stereocenters. The highest BCUT2D eigenvalue weighted by Gasteiger charge is 2.00. The van der Waals surface area contributed by atoms with Crippen LogP contribution in [0.25, 0.3) is 22.3 Å². The Kier molecular flexibility index (Phi) is 11.9. The Labute approximate surface area is 179 Å². The monoisotopic (exact) mass is 438 g/mol. The lowest BCUT2D eigenvalue weighted by molar-refractivity contribution is 0.415. The van der Waals surface area contributed by atoms with E-state index in [1.807, 2.05) is 18.2 Å². The maximum absolute atomic E-state index is 9.79. The summed E-state index contributed by atoms with van der Waals surface area (Å²) in [7, 11) is -1.99. The van der Waals surface area contributed by atoms with Crippen LogP contribution in [-0.2, 0) is 10.1 Å². The van der Waals surface area contributed by atoms with Crippen molar-refractivity contribution in [1.29, 1.82) is 0 Å². The Morgan fingerprint density at radius 3 is 1.45 bits per heavy atom. The largest absolute Gasteiger partial charge is 0.497 e. The molecule has 0 radical (unpaired) electrons. The van der Waals surface area contributed by atoms with Gasteiger partial charge in [-0.1, -0.05) is 73.7 Å². The van der Waals surface area contributed by atoms with Crippen molar-refractivity contribution in [3.63, 3.8) is 0 Å². The van der Waals surface area contributed by atoms with E-state index in [1.54, 1.807) is 14.0 Å². The molecule has 7 heteroatoms. The molecule has 0 amide bonds. The van der Waals surface area contributed by atoms with E-state index in [0.29, 0.717) is 6.42 Å². The van der Waals surface area contributed by atoms with E-state index in [4.69, 9.17) is 9.29 Å². The summed E-state index contributed by atoms with van der Waals surface area (Å²) < 4.78 is 32.7. The zero-order valence-corrected chi connectivity index (χ0v) is 18.2. The van der Waals surface area contributed by atoms with Gasteiger partial charge >= 0.3 is 0 Å². The van der Waals surface area contributed by atoms with Gasteiger partial charge in [0.25, 0.3) is 10.1 Å². The third-order valence-corrected chi connectivity index (χ3v) is 4.80. The van der Waals surface area contributed by atoms with Crippen molar-refractivity contribution in [2.45, 2.75) is 13.3 Å². The third kappa shape index (κ3) is 9.13. The molecule has 0 aromatic heterocycles. The van der Waals surface area contributed by atoms with Crippen LogP contribution in [-0.4, -0.2) is 25.8 Å². The fourth-order valence-electron chi connectivity index (χ4n) is 2.53. The molecule has 29 heavy (non-hydrogen) atoms. The summed E-state index contributed by atoms with van der Waals surface area (Å²) in [6.45, 7) is 1.69. The quantitative estimate of drug-likeness (QED) is 0.528. The predicted molar refractivity (Wildman–Crippen MR) is 123 cm³/mol. The standard InChI is InChI=1S/C19H16O.C3H8O3S.FH.H2S/c1-20-19-13-11-18(12-14-19)17-9-7-16(8-10-17)15-5-3-2-4-6-15;1-2-3-7(4,5)6;;/h2-14H,1H3;2-3H2,1H3,(H,4,5,6);1H;1H2. The Bertz CT molecular complexity index is 927. The first kappa shape index (κ1) is 26.6. The molecule has 1 N–H and O–H groups in total. The highest BCUT2D eigenvalue weighted by atomic mass is 32.2. The van der Waals surface area contributed by atoms with Gasteiger partial charge in [0.2, 0.25) is 0 Å². The Morgan fingerprint density at radius 2 is 1.14 bits per heavy atom. The molecule has 3 aromatic rings. The average molecular weight is 439 g/mol. The number of methoxy groups -OCH3 is 1. The van der Waals surface area contributed by atoms with Gasteiger partial charge in [-0.15, -0.1) is 0 Å². The van der Waals surface area contributed by atoms with E-state index in [1.165, 1.54) is 22.3 Å². The lowest BCUT2D eigenvalue weighted by Crippen LogP contribution is -2.01. The van der Waals surface area contributed by atoms with E-state index >= 15 is 0 Å². The number of ether oxygens (including phenoxy) is 1. The van der Waals surface area contributed by atoms with Crippen LogP contribution in [0.4, 0.5) is 4.70 Å². The summed E-state index contributed by atoms with van der Waals surface area (Å²) >= 11 is 0. The average Bonchev–Trinajstić information content (AvgIpc) is 2.68. The number of rotatable bonds is 5. The van der Waals surface area contributed by atoms with Gasteiger partial charge in [-0.25, -0.2) is 0 Å². The molecule has 3 aromatic carbocycles. The summed E-state index contributed by atoms with van der Waals surface area (Å²) in [5, 5.41) is 0. The van der Waals surface area contributed by atoms with Crippen molar-refractivity contribution in [2.24, 2.45) is 0 Å². The molecule has 0 saturated carbocycles. The number of hydrogen-bond acceptors (Lipinski definition) is 3. The molecule has 0 aliphatic carbocycles. The first-order chi connectivity index (χ1) is 12.9. The van der Waals surface area contributed by atoms with Crippen molar-refractivity contribution in [1.82, 2.24) is 0 Å². The molecule has 4 nitrogen and oxygen atoms in total. The molecule has 0 saturated heterocycles. The zero-order chi connectivity index (χ0) is 19.7. The molecule has 0 aliphatic heterocycles. The molecule has 0 aliphatic rings. The van der Waals surface area contributed by atoms with Crippen LogP contribution in [0, 0.1) is 0 Å². The van der Waals surface area contributed by atoms with Crippen LogP contribution in [0.2, 0.25) is 0 Å². The van der Waals surface area contributed by atoms with Gasteiger partial charge in [-0.05, 0) is 40.8 Å². The van der Waals surface area contributed by atoms with Crippen LogP contribution in [0.1, 0.15) is 13.3 Å². The maximum Gasteiger partial charge on any atom is 0.264 e. The SMILES string of the molecule is CCCS(=O)(=O)O.COc1ccc(-c2ccc(-c3ccccc3)cc2)cc1.F.S. The molecule has 0 bridgehead atoms. The van der Waals surface area contributed by atoms with Gasteiger partial charge < -0.3 is 4.74 Å². The normalized spacial score (nSPS) is 9.90. The molecule has 0 fully saturated rings. The van der Waals surface area contributed by atoms with Gasteiger partial charge in [-0.2, -0.15) is 21.9 Å². The smallest absolute Gasteiger partial charge is 0.264 e. The highest BCUT2D eigenvalue weighted by molar-refractivity contribution is 7.85. The van der Waals surface area contributed by atoms with Gasteiger partial charge in [0, 0.05) is 0 Å². The second kappa shape index (κ2) is 13.0. The van der Waals surface area contributed by atoms with Crippen molar-refractivity contribution in [3.8, 4) is 28.0 Å². The lowest BCUT2D eigenvalue weighted by Gasteiger charge is -2.06. The number of hydrogen-bond donors (Lipinski definition) is 1. The lowest BCUT2D eigenvalue weighted by atomic mass is 10.0. The van der Waals surface area contributed by atoms with Gasteiger partial charge in [0.15, 0.2) is 0 Å². The summed E-state index contributed by atoms with van der Waals surface area (Å²) in [6, 6.07) is 27.2. The van der Waals surface area contributed by atoms with Crippen LogP contribution in [0.15, 0.2) is 78.9 Å². The maximum atomic E-state index is 9.79. The second-order valence-corrected chi connectivity index (χ2v) is 7.53. The van der Waals surface area contributed by atoms with E-state index < -0.39 is 10.1 Å². The van der Waals surface area contributed by atoms with Crippen LogP contribution in [0.5, 0.6) is 5.75 Å². The topological polar surface area (TPSA) is 63.6 Å². The molecule has 0 heterocycles. The Balaban J connectivity index is 0.000000761. The fourth-order valence-corrected chi connectivity index (χ4v) is 3.04. The molecular weight excluding hydrogens is 411 g/mol. The third-order valence-electron chi connectivity index (χ3n) is 3.88. The summed E-state index contributed by atoms with van der Waals surface area (Å²) in [5.41, 5.74) is 4.90.